The van der Waals surface area contributed by atoms with Crippen molar-refractivity contribution in [3.8, 4) is 11.4 Å². The minimum atomic E-state index is -4.46. The molecule has 0 radical (unpaired) electrons. The zero-order chi connectivity index (χ0) is 20.2. The molecule has 0 aliphatic heterocycles. The van der Waals surface area contributed by atoms with Crippen LogP contribution in [0, 0.1) is 5.41 Å². The van der Waals surface area contributed by atoms with Crippen molar-refractivity contribution in [2.75, 3.05) is 7.11 Å². The van der Waals surface area contributed by atoms with Crippen molar-refractivity contribution in [2.24, 2.45) is 12.5 Å². The molecule has 0 spiro atoms. The van der Waals surface area contributed by atoms with Gasteiger partial charge in [-0.2, -0.15) is 13.2 Å². The Kier molecular flexibility index (Phi) is 4.28. The zero-order valence-electron chi connectivity index (χ0n) is 15.8. The third-order valence-electron chi connectivity index (χ3n) is 6.69. The van der Waals surface area contributed by atoms with Gasteiger partial charge in [0.15, 0.2) is 5.82 Å². The Morgan fingerprint density at radius 2 is 1.68 bits per heavy atom. The number of esters is 1. The van der Waals surface area contributed by atoms with E-state index in [0.717, 1.165) is 25.3 Å². The summed E-state index contributed by atoms with van der Waals surface area (Å²) >= 11 is 0. The summed E-state index contributed by atoms with van der Waals surface area (Å²) in [4.78, 5) is 12.2. The Balaban J connectivity index is 1.70. The lowest BCUT2D eigenvalue weighted by Gasteiger charge is -2.51. The topological polar surface area (TPSA) is 57.0 Å². The van der Waals surface area contributed by atoms with Gasteiger partial charge in [0.2, 0.25) is 0 Å². The molecule has 0 atom stereocenters. The van der Waals surface area contributed by atoms with Crippen LogP contribution >= 0.6 is 0 Å². The number of methoxy groups -OCH3 is 1. The van der Waals surface area contributed by atoms with Crippen LogP contribution in [-0.4, -0.2) is 27.8 Å². The first kappa shape index (κ1) is 19.0. The molecule has 1 aromatic carbocycles. The number of fused-ring (bicyclic) bond motifs is 3. The lowest BCUT2D eigenvalue weighted by atomic mass is 9.53. The molecule has 3 aliphatic carbocycles. The second-order valence-electron chi connectivity index (χ2n) is 8.00. The van der Waals surface area contributed by atoms with Gasteiger partial charge >= 0.3 is 12.1 Å². The first-order valence-electron chi connectivity index (χ1n) is 9.37. The molecule has 2 bridgehead atoms. The number of benzene rings is 1. The van der Waals surface area contributed by atoms with Gasteiger partial charge in [0.25, 0.3) is 0 Å². The molecule has 0 saturated heterocycles. The van der Waals surface area contributed by atoms with Crippen LogP contribution in [0.2, 0.25) is 0 Å². The fourth-order valence-corrected chi connectivity index (χ4v) is 4.99. The van der Waals surface area contributed by atoms with E-state index in [1.807, 2.05) is 0 Å². The molecule has 28 heavy (non-hydrogen) atoms. The molecule has 0 unspecified atom stereocenters. The van der Waals surface area contributed by atoms with E-state index in [1.54, 1.807) is 17.7 Å². The van der Waals surface area contributed by atoms with E-state index >= 15 is 0 Å². The molecule has 5 nitrogen and oxygen atoms in total. The van der Waals surface area contributed by atoms with Crippen LogP contribution in [0.5, 0.6) is 0 Å². The van der Waals surface area contributed by atoms with Crippen molar-refractivity contribution < 1.29 is 22.7 Å². The number of carbonyl (C=O) groups is 1. The van der Waals surface area contributed by atoms with E-state index in [0.29, 0.717) is 25.1 Å². The molecule has 0 amide bonds. The molecule has 5 rings (SSSR count). The lowest BCUT2D eigenvalue weighted by molar-refractivity contribution is -0.160. The quantitative estimate of drug-likeness (QED) is 0.731. The van der Waals surface area contributed by atoms with Crippen LogP contribution < -0.4 is 0 Å². The zero-order valence-corrected chi connectivity index (χ0v) is 15.8. The Labute approximate surface area is 160 Å². The van der Waals surface area contributed by atoms with E-state index in [4.69, 9.17) is 4.74 Å². The van der Waals surface area contributed by atoms with Gasteiger partial charge in [0.1, 0.15) is 5.82 Å². The molecule has 0 N–H and O–H groups in total. The average Bonchev–Trinajstić information content (AvgIpc) is 3.10. The van der Waals surface area contributed by atoms with Crippen LogP contribution in [0.3, 0.4) is 0 Å². The maximum Gasteiger partial charge on any atom is 0.417 e. The highest BCUT2D eigenvalue weighted by atomic mass is 19.4. The van der Waals surface area contributed by atoms with Crippen LogP contribution in [-0.2, 0) is 28.2 Å². The van der Waals surface area contributed by atoms with E-state index in [2.05, 4.69) is 10.2 Å². The Morgan fingerprint density at radius 3 is 2.25 bits per heavy atom. The number of rotatable bonds is 3. The Bertz CT molecular complexity index is 895. The molecule has 1 heterocycles. The van der Waals surface area contributed by atoms with E-state index < -0.39 is 17.2 Å². The molecule has 3 aliphatic rings. The summed E-state index contributed by atoms with van der Waals surface area (Å²) in [6.07, 6.45) is -0.0568. The molecule has 3 fully saturated rings. The normalized spacial score (nSPS) is 27.0. The molecule has 3 saturated carbocycles. The van der Waals surface area contributed by atoms with E-state index in [1.165, 1.54) is 19.2 Å². The summed E-state index contributed by atoms with van der Waals surface area (Å²) in [6.45, 7) is 0. The molecule has 150 valence electrons. The summed E-state index contributed by atoms with van der Waals surface area (Å²) in [5.41, 5.74) is -1.35. The van der Waals surface area contributed by atoms with Crippen molar-refractivity contribution in [1.29, 1.82) is 0 Å². The minimum absolute atomic E-state index is 0.0307. The van der Waals surface area contributed by atoms with Gasteiger partial charge in [-0.05, 0) is 44.6 Å². The van der Waals surface area contributed by atoms with Gasteiger partial charge in [-0.1, -0.05) is 18.2 Å². The summed E-state index contributed by atoms with van der Waals surface area (Å²) < 4.78 is 47.0. The van der Waals surface area contributed by atoms with Gasteiger partial charge in [0.05, 0.1) is 18.1 Å². The van der Waals surface area contributed by atoms with Crippen molar-refractivity contribution in [3.05, 3.63) is 35.7 Å². The maximum atomic E-state index is 13.4. The van der Waals surface area contributed by atoms with Gasteiger partial charge in [-0.15, -0.1) is 10.2 Å². The van der Waals surface area contributed by atoms with E-state index in [9.17, 15) is 18.0 Å². The summed E-state index contributed by atoms with van der Waals surface area (Å²) in [6, 6.07) is 5.44. The standard InChI is InChI=1S/C20H22F3N3O2/c1-26-15(13-5-3-4-6-14(13)20(21,22)23)24-25-16(26)18-7-10-19(11-8-18,12-9-18)17(27)28-2/h3-6H,7-12H2,1-2H3. The van der Waals surface area contributed by atoms with Gasteiger partial charge in [-0.25, -0.2) is 0 Å². The minimum Gasteiger partial charge on any atom is -0.469 e. The Hall–Kier alpha value is -2.38. The summed E-state index contributed by atoms with van der Waals surface area (Å²) in [5, 5.41) is 8.46. The third-order valence-corrected chi connectivity index (χ3v) is 6.69. The number of alkyl halides is 3. The van der Waals surface area contributed by atoms with Crippen LogP contribution in [0.25, 0.3) is 11.4 Å². The number of carbonyl (C=O) groups excluding carboxylic acids is 1. The summed E-state index contributed by atoms with van der Waals surface area (Å²) in [5.74, 6) is 0.767. The average molecular weight is 393 g/mol. The fraction of sp³-hybridized carbons (Fsp3) is 0.550. The van der Waals surface area contributed by atoms with Crippen molar-refractivity contribution in [2.45, 2.75) is 50.1 Å². The third kappa shape index (κ3) is 2.72. The maximum absolute atomic E-state index is 13.4. The highest BCUT2D eigenvalue weighted by molar-refractivity contribution is 5.77. The number of aromatic nitrogens is 3. The summed E-state index contributed by atoms with van der Waals surface area (Å²) in [7, 11) is 3.14. The molecule has 1 aromatic heterocycles. The molecular weight excluding hydrogens is 371 g/mol. The first-order chi connectivity index (χ1) is 13.2. The number of hydrogen-bond acceptors (Lipinski definition) is 4. The first-order valence-corrected chi connectivity index (χ1v) is 9.37. The molecule has 8 heteroatoms. The predicted molar refractivity (Wildman–Crippen MR) is 95.3 cm³/mol. The second kappa shape index (κ2) is 6.32. The Morgan fingerprint density at radius 1 is 1.07 bits per heavy atom. The van der Waals surface area contributed by atoms with Crippen LogP contribution in [0.1, 0.15) is 49.9 Å². The number of ether oxygens (including phenoxy) is 1. The number of hydrogen-bond donors (Lipinski definition) is 0. The van der Waals surface area contributed by atoms with Crippen LogP contribution in [0.4, 0.5) is 13.2 Å². The fourth-order valence-electron chi connectivity index (χ4n) is 4.99. The predicted octanol–water partition coefficient (Wildman–Crippen LogP) is 4.27. The van der Waals surface area contributed by atoms with Crippen molar-refractivity contribution >= 4 is 5.97 Å². The monoisotopic (exact) mass is 393 g/mol. The smallest absolute Gasteiger partial charge is 0.417 e. The molecule has 2 aromatic rings. The number of halogens is 3. The SMILES string of the molecule is COC(=O)C12CCC(c3nnc(-c4ccccc4C(F)(F)F)n3C)(CC1)CC2. The molecular formula is C20H22F3N3O2. The lowest BCUT2D eigenvalue weighted by Crippen LogP contribution is -2.49. The highest BCUT2D eigenvalue weighted by Gasteiger charge is 2.55. The van der Waals surface area contributed by atoms with Gasteiger partial charge in [-0.3, -0.25) is 4.79 Å². The van der Waals surface area contributed by atoms with Crippen molar-refractivity contribution in [3.63, 3.8) is 0 Å². The van der Waals surface area contributed by atoms with Gasteiger partial charge < -0.3 is 9.30 Å². The van der Waals surface area contributed by atoms with Crippen LogP contribution in [0.15, 0.2) is 24.3 Å². The largest absolute Gasteiger partial charge is 0.469 e. The van der Waals surface area contributed by atoms with Crippen molar-refractivity contribution in [1.82, 2.24) is 14.8 Å². The highest BCUT2D eigenvalue weighted by Crippen LogP contribution is 2.58. The van der Waals surface area contributed by atoms with E-state index in [-0.39, 0.29) is 22.8 Å². The second-order valence-corrected chi connectivity index (χ2v) is 8.00. The van der Waals surface area contributed by atoms with Gasteiger partial charge in [0, 0.05) is 18.0 Å². The number of nitrogens with zero attached hydrogens (tertiary/aromatic N) is 3.